The van der Waals surface area contributed by atoms with Gasteiger partial charge in [0.05, 0.1) is 5.92 Å². The fraction of sp³-hybridized carbons (Fsp3) is 0.857. The third-order valence-corrected chi connectivity index (χ3v) is 4.52. The molecule has 0 atom stereocenters. The van der Waals surface area contributed by atoms with Crippen molar-refractivity contribution in [1.82, 2.24) is 5.32 Å². The van der Waals surface area contributed by atoms with Crippen molar-refractivity contribution in [2.75, 3.05) is 6.54 Å². The summed E-state index contributed by atoms with van der Waals surface area (Å²) in [5.74, 6) is 0.0658. The van der Waals surface area contributed by atoms with Crippen LogP contribution in [0.2, 0.25) is 0 Å². The summed E-state index contributed by atoms with van der Waals surface area (Å²) in [5, 5.41) is 11.9. The van der Waals surface area contributed by atoms with Crippen LogP contribution < -0.4 is 5.32 Å². The Balaban J connectivity index is 1.62. The first-order valence-corrected chi connectivity index (χ1v) is 7.17. The highest BCUT2D eigenvalue weighted by Gasteiger charge is 2.29. The van der Waals surface area contributed by atoms with Gasteiger partial charge in [0.15, 0.2) is 0 Å². The molecule has 2 aliphatic carbocycles. The lowest BCUT2D eigenvalue weighted by Gasteiger charge is -2.27. The molecule has 102 valence electrons. The average Bonchev–Trinajstić information content (AvgIpc) is 2.32. The Labute approximate surface area is 108 Å². The number of carbonyl (C=O) groups excluding carboxylic acids is 1. The van der Waals surface area contributed by atoms with Gasteiger partial charge in [0, 0.05) is 12.5 Å². The van der Waals surface area contributed by atoms with Gasteiger partial charge in [0.1, 0.15) is 0 Å². The Kier molecular flexibility index (Phi) is 4.61. The molecule has 2 rings (SSSR count). The van der Waals surface area contributed by atoms with E-state index in [1.807, 2.05) is 0 Å². The van der Waals surface area contributed by atoms with Gasteiger partial charge in [-0.2, -0.15) is 0 Å². The van der Waals surface area contributed by atoms with Crippen LogP contribution in [0.5, 0.6) is 0 Å². The number of carboxylic acids is 1. The molecule has 4 heteroatoms. The summed E-state index contributed by atoms with van der Waals surface area (Å²) < 4.78 is 0. The van der Waals surface area contributed by atoms with E-state index in [9.17, 15) is 9.59 Å². The minimum absolute atomic E-state index is 0.0435. The molecule has 0 aromatic rings. The second kappa shape index (κ2) is 6.21. The van der Waals surface area contributed by atoms with Crippen LogP contribution in [0.3, 0.4) is 0 Å². The van der Waals surface area contributed by atoms with Crippen LogP contribution in [-0.4, -0.2) is 23.5 Å². The maximum atomic E-state index is 11.9. The molecule has 1 amide bonds. The van der Waals surface area contributed by atoms with Crippen molar-refractivity contribution in [3.05, 3.63) is 0 Å². The fourth-order valence-corrected chi connectivity index (χ4v) is 2.93. The highest BCUT2D eigenvalue weighted by molar-refractivity contribution is 5.79. The van der Waals surface area contributed by atoms with Gasteiger partial charge in [0.2, 0.25) is 5.91 Å². The van der Waals surface area contributed by atoms with E-state index in [-0.39, 0.29) is 17.7 Å². The second-order valence-electron chi connectivity index (χ2n) is 5.76. The van der Waals surface area contributed by atoms with E-state index in [2.05, 4.69) is 5.32 Å². The first-order chi connectivity index (χ1) is 8.66. The van der Waals surface area contributed by atoms with Crippen LogP contribution >= 0.6 is 0 Å². The molecule has 2 saturated carbocycles. The highest BCUT2D eigenvalue weighted by atomic mass is 16.4. The van der Waals surface area contributed by atoms with Crippen molar-refractivity contribution < 1.29 is 14.7 Å². The number of amides is 1. The van der Waals surface area contributed by atoms with E-state index >= 15 is 0 Å². The van der Waals surface area contributed by atoms with Crippen molar-refractivity contribution in [2.45, 2.75) is 51.4 Å². The van der Waals surface area contributed by atoms with E-state index in [0.717, 1.165) is 31.7 Å². The topological polar surface area (TPSA) is 66.4 Å². The summed E-state index contributed by atoms with van der Waals surface area (Å²) in [6, 6.07) is 0. The molecule has 0 unspecified atom stereocenters. The van der Waals surface area contributed by atoms with E-state index < -0.39 is 5.97 Å². The summed E-state index contributed by atoms with van der Waals surface area (Å²) >= 11 is 0. The quantitative estimate of drug-likeness (QED) is 0.789. The molecular formula is C14H23NO3. The normalized spacial score (nSPS) is 28.4. The van der Waals surface area contributed by atoms with Crippen molar-refractivity contribution in [3.63, 3.8) is 0 Å². The van der Waals surface area contributed by atoms with Gasteiger partial charge in [-0.15, -0.1) is 0 Å². The van der Waals surface area contributed by atoms with E-state index in [1.54, 1.807) is 0 Å². The number of carboxylic acid groups (broad SMARTS) is 1. The lowest BCUT2D eigenvalue weighted by atomic mass is 9.81. The van der Waals surface area contributed by atoms with Crippen LogP contribution in [0.25, 0.3) is 0 Å². The standard InChI is InChI=1S/C14H23NO3/c16-13(15-9-8-10-2-1-3-10)11-4-6-12(7-5-11)14(17)18/h10-12H,1-9H2,(H,15,16)(H,17,18). The Morgan fingerprint density at radius 2 is 1.61 bits per heavy atom. The Morgan fingerprint density at radius 3 is 2.11 bits per heavy atom. The highest BCUT2D eigenvalue weighted by Crippen LogP contribution is 2.30. The number of carbonyl (C=O) groups is 2. The molecular weight excluding hydrogens is 230 g/mol. The van der Waals surface area contributed by atoms with Gasteiger partial charge in [0.25, 0.3) is 0 Å². The van der Waals surface area contributed by atoms with Gasteiger partial charge in [-0.25, -0.2) is 0 Å². The first-order valence-electron chi connectivity index (χ1n) is 7.17. The molecule has 2 fully saturated rings. The monoisotopic (exact) mass is 253 g/mol. The Hall–Kier alpha value is -1.06. The molecule has 0 bridgehead atoms. The van der Waals surface area contributed by atoms with Crippen LogP contribution in [0.4, 0.5) is 0 Å². The molecule has 4 nitrogen and oxygen atoms in total. The summed E-state index contributed by atoms with van der Waals surface area (Å²) in [7, 11) is 0. The summed E-state index contributed by atoms with van der Waals surface area (Å²) in [4.78, 5) is 22.7. The van der Waals surface area contributed by atoms with Gasteiger partial charge < -0.3 is 10.4 Å². The third-order valence-electron chi connectivity index (χ3n) is 4.52. The zero-order chi connectivity index (χ0) is 13.0. The SMILES string of the molecule is O=C(O)C1CCC(C(=O)NCCC2CCC2)CC1. The van der Waals surface area contributed by atoms with Gasteiger partial charge >= 0.3 is 5.97 Å². The maximum absolute atomic E-state index is 11.9. The lowest BCUT2D eigenvalue weighted by molar-refractivity contribution is -0.144. The van der Waals surface area contributed by atoms with Crippen LogP contribution in [-0.2, 0) is 9.59 Å². The summed E-state index contributed by atoms with van der Waals surface area (Å²) in [6.45, 7) is 0.794. The van der Waals surface area contributed by atoms with Crippen molar-refractivity contribution in [2.24, 2.45) is 17.8 Å². The van der Waals surface area contributed by atoms with Crippen LogP contribution in [0.15, 0.2) is 0 Å². The molecule has 0 radical (unpaired) electrons. The van der Waals surface area contributed by atoms with E-state index in [4.69, 9.17) is 5.11 Å². The predicted molar refractivity (Wildman–Crippen MR) is 68.1 cm³/mol. The molecule has 18 heavy (non-hydrogen) atoms. The summed E-state index contributed by atoms with van der Waals surface area (Å²) in [5.41, 5.74) is 0. The summed E-state index contributed by atoms with van der Waals surface area (Å²) in [6.07, 6.45) is 7.84. The molecule has 0 spiro atoms. The largest absolute Gasteiger partial charge is 0.481 e. The zero-order valence-electron chi connectivity index (χ0n) is 10.9. The smallest absolute Gasteiger partial charge is 0.306 e. The Morgan fingerprint density at radius 1 is 1.00 bits per heavy atom. The number of aliphatic carboxylic acids is 1. The molecule has 0 aromatic heterocycles. The van der Waals surface area contributed by atoms with Crippen LogP contribution in [0, 0.1) is 17.8 Å². The molecule has 0 saturated heterocycles. The predicted octanol–water partition coefficient (Wildman–Crippen LogP) is 2.18. The van der Waals surface area contributed by atoms with E-state index in [0.29, 0.717) is 12.8 Å². The van der Waals surface area contributed by atoms with Crippen molar-refractivity contribution in [3.8, 4) is 0 Å². The lowest BCUT2D eigenvalue weighted by Crippen LogP contribution is -2.35. The number of nitrogens with one attached hydrogen (secondary N) is 1. The first kappa shape index (κ1) is 13.4. The van der Waals surface area contributed by atoms with Gasteiger partial charge in [-0.1, -0.05) is 19.3 Å². The minimum Gasteiger partial charge on any atom is -0.481 e. The third kappa shape index (κ3) is 3.47. The molecule has 0 aromatic carbocycles. The second-order valence-corrected chi connectivity index (χ2v) is 5.76. The Bertz CT molecular complexity index is 304. The maximum Gasteiger partial charge on any atom is 0.306 e. The zero-order valence-corrected chi connectivity index (χ0v) is 10.9. The number of hydrogen-bond donors (Lipinski definition) is 2. The molecule has 2 aliphatic rings. The minimum atomic E-state index is -0.709. The number of rotatable bonds is 5. The van der Waals surface area contributed by atoms with Crippen molar-refractivity contribution >= 4 is 11.9 Å². The van der Waals surface area contributed by atoms with Gasteiger partial charge in [-0.05, 0) is 38.0 Å². The average molecular weight is 253 g/mol. The molecule has 0 heterocycles. The van der Waals surface area contributed by atoms with E-state index in [1.165, 1.54) is 19.3 Å². The molecule has 0 aliphatic heterocycles. The fourth-order valence-electron chi connectivity index (χ4n) is 2.93. The number of hydrogen-bond acceptors (Lipinski definition) is 2. The molecule has 2 N–H and O–H groups in total. The van der Waals surface area contributed by atoms with Gasteiger partial charge in [-0.3, -0.25) is 9.59 Å². The van der Waals surface area contributed by atoms with Crippen molar-refractivity contribution in [1.29, 1.82) is 0 Å². The van der Waals surface area contributed by atoms with Crippen LogP contribution in [0.1, 0.15) is 51.4 Å².